The number of carbonyl (C=O) groups excluding carboxylic acids is 1. The normalized spacial score (nSPS) is 14.5. The minimum Gasteiger partial charge on any atom is -0.441 e. The van der Waals surface area contributed by atoms with Crippen molar-refractivity contribution in [3.05, 3.63) is 72.4 Å². The lowest BCUT2D eigenvalue weighted by atomic mass is 10.1. The molecule has 29 heavy (non-hydrogen) atoms. The quantitative estimate of drug-likeness (QED) is 0.576. The van der Waals surface area contributed by atoms with Crippen molar-refractivity contribution in [2.45, 2.75) is 6.92 Å². The van der Waals surface area contributed by atoms with Gasteiger partial charge in [0.1, 0.15) is 5.69 Å². The molecule has 0 bridgehead atoms. The Hall–Kier alpha value is -3.54. The number of piperazine rings is 1. The number of benzene rings is 2. The molecular weight excluding hydrogens is 364 g/mol. The van der Waals surface area contributed by atoms with Crippen molar-refractivity contribution in [2.24, 2.45) is 0 Å². The Kier molecular flexibility index (Phi) is 4.31. The first-order valence-electron chi connectivity index (χ1n) is 9.82. The summed E-state index contributed by atoms with van der Waals surface area (Å²) in [5, 5.41) is 1.07. The number of fused-ring (bicyclic) bond motifs is 1. The molecule has 4 aromatic rings. The highest BCUT2D eigenvalue weighted by Crippen LogP contribution is 2.25. The fourth-order valence-electron chi connectivity index (χ4n) is 3.86. The molecule has 0 aliphatic carbocycles. The number of aromatic nitrogens is 2. The predicted molar refractivity (Wildman–Crippen MR) is 113 cm³/mol. The maximum atomic E-state index is 12.9. The number of carbonyl (C=O) groups is 1. The minimum absolute atomic E-state index is 0.0666. The van der Waals surface area contributed by atoms with E-state index >= 15 is 0 Å². The molecule has 1 N–H and O–H groups in total. The zero-order chi connectivity index (χ0) is 19.8. The van der Waals surface area contributed by atoms with Crippen LogP contribution in [0, 0.1) is 6.92 Å². The number of aromatic amines is 1. The van der Waals surface area contributed by atoms with Crippen LogP contribution < -0.4 is 4.90 Å². The van der Waals surface area contributed by atoms with Crippen molar-refractivity contribution in [2.75, 3.05) is 31.1 Å². The van der Waals surface area contributed by atoms with Gasteiger partial charge in [-0.15, -0.1) is 0 Å². The monoisotopic (exact) mass is 386 g/mol. The summed E-state index contributed by atoms with van der Waals surface area (Å²) in [7, 11) is 0. The predicted octanol–water partition coefficient (Wildman–Crippen LogP) is 4.09. The Morgan fingerprint density at radius 3 is 2.48 bits per heavy atom. The molecule has 1 aliphatic heterocycles. The van der Waals surface area contributed by atoms with E-state index in [2.05, 4.69) is 39.1 Å². The van der Waals surface area contributed by atoms with Crippen LogP contribution in [0.25, 0.3) is 22.2 Å². The van der Waals surface area contributed by atoms with Crippen LogP contribution in [0.2, 0.25) is 0 Å². The summed E-state index contributed by atoms with van der Waals surface area (Å²) in [5.41, 5.74) is 3.83. The van der Waals surface area contributed by atoms with Crippen LogP contribution in [-0.4, -0.2) is 47.0 Å². The van der Waals surface area contributed by atoms with Gasteiger partial charge in [-0.05, 0) is 36.4 Å². The number of hydrogen-bond donors (Lipinski definition) is 1. The largest absolute Gasteiger partial charge is 0.441 e. The highest BCUT2D eigenvalue weighted by Gasteiger charge is 2.23. The highest BCUT2D eigenvalue weighted by atomic mass is 16.4. The minimum atomic E-state index is 0.0666. The molecule has 1 fully saturated rings. The highest BCUT2D eigenvalue weighted by molar-refractivity contribution is 5.98. The lowest BCUT2D eigenvalue weighted by molar-refractivity contribution is 0.0742. The van der Waals surface area contributed by atoms with Gasteiger partial charge in [0, 0.05) is 55.3 Å². The fourth-order valence-corrected chi connectivity index (χ4v) is 3.86. The van der Waals surface area contributed by atoms with Crippen molar-refractivity contribution in [3.63, 3.8) is 0 Å². The van der Waals surface area contributed by atoms with Gasteiger partial charge in [0.25, 0.3) is 5.91 Å². The molecule has 5 rings (SSSR count). The third-order valence-corrected chi connectivity index (χ3v) is 5.47. The Morgan fingerprint density at radius 1 is 1.03 bits per heavy atom. The smallest absolute Gasteiger partial charge is 0.270 e. The van der Waals surface area contributed by atoms with Gasteiger partial charge in [0.15, 0.2) is 11.7 Å². The number of aryl methyl sites for hydroxylation is 1. The summed E-state index contributed by atoms with van der Waals surface area (Å²) in [6.45, 7) is 4.88. The molecule has 2 aromatic carbocycles. The first-order chi connectivity index (χ1) is 14.2. The summed E-state index contributed by atoms with van der Waals surface area (Å²) in [5.74, 6) is 1.51. The number of anilines is 1. The molecule has 1 amide bonds. The number of hydrogen-bond acceptors (Lipinski definition) is 4. The molecule has 146 valence electrons. The van der Waals surface area contributed by atoms with E-state index in [0.717, 1.165) is 41.0 Å². The maximum Gasteiger partial charge on any atom is 0.270 e. The van der Waals surface area contributed by atoms with E-state index in [4.69, 9.17) is 4.42 Å². The maximum absolute atomic E-state index is 12.9. The summed E-state index contributed by atoms with van der Waals surface area (Å²) >= 11 is 0. The van der Waals surface area contributed by atoms with E-state index in [9.17, 15) is 4.79 Å². The Balaban J connectivity index is 1.24. The summed E-state index contributed by atoms with van der Waals surface area (Å²) in [4.78, 5) is 24.5. The van der Waals surface area contributed by atoms with Crippen LogP contribution in [0.1, 0.15) is 16.4 Å². The summed E-state index contributed by atoms with van der Waals surface area (Å²) in [6, 6.07) is 18.2. The molecule has 2 aromatic heterocycles. The zero-order valence-corrected chi connectivity index (χ0v) is 16.3. The van der Waals surface area contributed by atoms with Crippen LogP contribution in [0.5, 0.6) is 0 Å². The summed E-state index contributed by atoms with van der Waals surface area (Å²) < 4.78 is 5.59. The van der Waals surface area contributed by atoms with E-state index < -0.39 is 0 Å². The average molecular weight is 386 g/mol. The standard InChI is InChI=1S/C23H22N4O2/c1-16-24-15-22(29-16)17-6-8-19(9-7-17)26-10-12-27(13-11-26)23(28)21-14-18-4-2-3-5-20(18)25-21/h2-9,14-15,25H,10-13H2,1H3. The van der Waals surface area contributed by atoms with E-state index in [-0.39, 0.29) is 5.91 Å². The Bertz CT molecular complexity index is 1120. The molecule has 0 radical (unpaired) electrons. The van der Waals surface area contributed by atoms with Crippen LogP contribution in [-0.2, 0) is 0 Å². The molecule has 1 aliphatic rings. The van der Waals surface area contributed by atoms with E-state index in [1.807, 2.05) is 42.2 Å². The van der Waals surface area contributed by atoms with Crippen molar-refractivity contribution < 1.29 is 9.21 Å². The molecule has 0 saturated carbocycles. The topological polar surface area (TPSA) is 65.4 Å². The number of para-hydroxylation sites is 1. The first kappa shape index (κ1) is 17.6. The van der Waals surface area contributed by atoms with Gasteiger partial charge in [0.05, 0.1) is 6.20 Å². The lowest BCUT2D eigenvalue weighted by Crippen LogP contribution is -2.48. The number of rotatable bonds is 3. The van der Waals surface area contributed by atoms with Crippen molar-refractivity contribution in [3.8, 4) is 11.3 Å². The van der Waals surface area contributed by atoms with Gasteiger partial charge >= 0.3 is 0 Å². The Morgan fingerprint density at radius 2 is 1.79 bits per heavy atom. The molecule has 3 heterocycles. The molecule has 0 spiro atoms. The SMILES string of the molecule is Cc1ncc(-c2ccc(N3CCN(C(=O)c4cc5ccccc5[nH]4)CC3)cc2)o1. The summed E-state index contributed by atoms with van der Waals surface area (Å²) in [6.07, 6.45) is 1.75. The van der Waals surface area contributed by atoms with Gasteiger partial charge < -0.3 is 19.2 Å². The van der Waals surface area contributed by atoms with Crippen LogP contribution in [0.15, 0.2) is 65.2 Å². The average Bonchev–Trinajstić information content (AvgIpc) is 3.40. The van der Waals surface area contributed by atoms with Gasteiger partial charge in [-0.25, -0.2) is 4.98 Å². The third kappa shape index (κ3) is 3.38. The van der Waals surface area contributed by atoms with Crippen LogP contribution >= 0.6 is 0 Å². The van der Waals surface area contributed by atoms with Crippen LogP contribution in [0.4, 0.5) is 5.69 Å². The van der Waals surface area contributed by atoms with Gasteiger partial charge in [-0.2, -0.15) is 0 Å². The van der Waals surface area contributed by atoms with E-state index in [1.54, 1.807) is 6.20 Å². The lowest BCUT2D eigenvalue weighted by Gasteiger charge is -2.36. The molecule has 6 nitrogen and oxygen atoms in total. The zero-order valence-electron chi connectivity index (χ0n) is 16.3. The van der Waals surface area contributed by atoms with E-state index in [1.165, 1.54) is 0 Å². The van der Waals surface area contributed by atoms with Gasteiger partial charge in [-0.3, -0.25) is 4.79 Å². The van der Waals surface area contributed by atoms with Crippen molar-refractivity contribution in [1.29, 1.82) is 0 Å². The molecule has 0 atom stereocenters. The van der Waals surface area contributed by atoms with Gasteiger partial charge in [0.2, 0.25) is 0 Å². The van der Waals surface area contributed by atoms with Crippen molar-refractivity contribution >= 4 is 22.5 Å². The number of H-pyrrole nitrogens is 1. The third-order valence-electron chi connectivity index (χ3n) is 5.47. The molecule has 1 saturated heterocycles. The van der Waals surface area contributed by atoms with E-state index in [0.29, 0.717) is 24.7 Å². The van der Waals surface area contributed by atoms with Crippen LogP contribution in [0.3, 0.4) is 0 Å². The fraction of sp³-hybridized carbons (Fsp3) is 0.217. The second-order valence-electron chi connectivity index (χ2n) is 7.34. The van der Waals surface area contributed by atoms with Crippen molar-refractivity contribution in [1.82, 2.24) is 14.9 Å². The molecule has 0 unspecified atom stereocenters. The number of nitrogens with zero attached hydrogens (tertiary/aromatic N) is 3. The number of oxazole rings is 1. The Labute approximate surface area is 168 Å². The molecular formula is C23H22N4O2. The van der Waals surface area contributed by atoms with Gasteiger partial charge in [-0.1, -0.05) is 18.2 Å². The second kappa shape index (κ2) is 7.13. The second-order valence-corrected chi connectivity index (χ2v) is 7.34. The first-order valence-corrected chi connectivity index (χ1v) is 9.82. The number of amides is 1. The molecule has 6 heteroatoms. The number of nitrogens with one attached hydrogen (secondary N) is 1.